The molecule has 1 aliphatic rings. The number of nitrogens with one attached hydrogen (secondary N) is 1. The van der Waals surface area contributed by atoms with Gasteiger partial charge in [-0.2, -0.15) is 0 Å². The maximum atomic E-state index is 13.9. The molecule has 36 heavy (non-hydrogen) atoms. The minimum atomic E-state index is -4.20. The Morgan fingerprint density at radius 3 is 2.50 bits per heavy atom. The number of carbonyl (C=O) groups is 1. The number of aryl methyl sites for hydroxylation is 2. The Morgan fingerprint density at radius 1 is 1.06 bits per heavy atom. The van der Waals surface area contributed by atoms with Crippen molar-refractivity contribution in [2.24, 2.45) is 0 Å². The van der Waals surface area contributed by atoms with Crippen LogP contribution in [0.25, 0.3) is 0 Å². The predicted octanol–water partition coefficient (Wildman–Crippen LogP) is 5.05. The van der Waals surface area contributed by atoms with Crippen molar-refractivity contribution in [3.05, 3.63) is 82.4 Å². The Morgan fingerprint density at radius 2 is 1.78 bits per heavy atom. The van der Waals surface area contributed by atoms with Gasteiger partial charge in [0.1, 0.15) is 22.9 Å². The van der Waals surface area contributed by atoms with Crippen molar-refractivity contribution in [2.45, 2.75) is 37.1 Å². The van der Waals surface area contributed by atoms with E-state index in [9.17, 15) is 13.2 Å². The van der Waals surface area contributed by atoms with Crippen LogP contribution in [0.2, 0.25) is 5.02 Å². The monoisotopic (exact) mass is 528 g/mol. The van der Waals surface area contributed by atoms with E-state index in [1.165, 1.54) is 31.9 Å². The summed E-state index contributed by atoms with van der Waals surface area (Å²) in [5.41, 5.74) is 3.25. The largest absolute Gasteiger partial charge is 0.495 e. The molecular weight excluding hydrogens is 500 g/mol. The minimum Gasteiger partial charge on any atom is -0.495 e. The molecular formula is C27H29ClN2O5S. The zero-order valence-corrected chi connectivity index (χ0v) is 22.0. The highest BCUT2D eigenvalue weighted by molar-refractivity contribution is 7.93. The van der Waals surface area contributed by atoms with Crippen LogP contribution >= 0.6 is 11.6 Å². The summed E-state index contributed by atoms with van der Waals surface area (Å²) in [5, 5.41) is 3.27. The number of nitrogens with zero attached hydrogens (tertiary/aromatic N) is 1. The summed E-state index contributed by atoms with van der Waals surface area (Å²) in [6, 6.07) is 17.3. The molecule has 1 amide bonds. The van der Waals surface area contributed by atoms with Crippen molar-refractivity contribution < 1.29 is 22.7 Å². The second kappa shape index (κ2) is 10.8. The summed E-state index contributed by atoms with van der Waals surface area (Å²) in [7, 11) is -1.32. The molecule has 0 unspecified atom stereocenters. The van der Waals surface area contributed by atoms with E-state index in [1.807, 2.05) is 18.2 Å². The number of rotatable bonds is 8. The molecule has 1 aliphatic carbocycles. The molecule has 0 aromatic heterocycles. The van der Waals surface area contributed by atoms with Crippen LogP contribution in [0.3, 0.4) is 0 Å². The van der Waals surface area contributed by atoms with Crippen molar-refractivity contribution >= 4 is 33.2 Å². The third-order valence-corrected chi connectivity index (χ3v) is 8.39. The second-order valence-electron chi connectivity index (χ2n) is 8.70. The summed E-state index contributed by atoms with van der Waals surface area (Å²) in [6.07, 6.45) is 2.69. The molecule has 1 N–H and O–H groups in total. The van der Waals surface area contributed by atoms with Gasteiger partial charge in [0.05, 0.1) is 31.0 Å². The SMILES string of the molecule is COc1ccc(N(CC(=O)N[C@@H]2CCCc3ccccc32)S(=O)(=O)c2cc(C)ccc2OC)cc1Cl. The number of ether oxygens (including phenoxy) is 2. The van der Waals surface area contributed by atoms with E-state index in [1.54, 1.807) is 31.2 Å². The highest BCUT2D eigenvalue weighted by Crippen LogP contribution is 2.35. The Kier molecular flexibility index (Phi) is 7.76. The molecule has 0 saturated heterocycles. The molecule has 190 valence electrons. The van der Waals surface area contributed by atoms with Gasteiger partial charge in [0, 0.05) is 0 Å². The molecule has 3 aromatic carbocycles. The molecule has 0 radical (unpaired) electrons. The van der Waals surface area contributed by atoms with E-state index in [0.29, 0.717) is 5.75 Å². The Labute approximate surface area is 217 Å². The van der Waals surface area contributed by atoms with Crippen molar-refractivity contribution in [3.8, 4) is 11.5 Å². The van der Waals surface area contributed by atoms with Crippen molar-refractivity contribution in [2.75, 3.05) is 25.1 Å². The van der Waals surface area contributed by atoms with Crippen LogP contribution in [0, 0.1) is 6.92 Å². The van der Waals surface area contributed by atoms with Gasteiger partial charge in [-0.25, -0.2) is 8.42 Å². The number of methoxy groups -OCH3 is 2. The van der Waals surface area contributed by atoms with Crippen molar-refractivity contribution in [1.82, 2.24) is 5.32 Å². The summed E-state index contributed by atoms with van der Waals surface area (Å²) in [6.45, 7) is 1.36. The molecule has 0 saturated carbocycles. The molecule has 4 rings (SSSR count). The summed E-state index contributed by atoms with van der Waals surface area (Å²) in [5.74, 6) is 0.167. The molecule has 1 atom stereocenters. The number of anilines is 1. The van der Waals surface area contributed by atoms with E-state index in [2.05, 4.69) is 11.4 Å². The van der Waals surface area contributed by atoms with Crippen LogP contribution in [-0.2, 0) is 21.2 Å². The molecule has 3 aromatic rings. The lowest BCUT2D eigenvalue weighted by molar-refractivity contribution is -0.120. The second-order valence-corrected chi connectivity index (χ2v) is 10.9. The van der Waals surface area contributed by atoms with Gasteiger partial charge in [0.15, 0.2) is 0 Å². The molecule has 0 bridgehead atoms. The lowest BCUT2D eigenvalue weighted by atomic mass is 9.88. The first-order valence-corrected chi connectivity index (χ1v) is 13.4. The lowest BCUT2D eigenvalue weighted by Gasteiger charge is -2.29. The number of hydrogen-bond acceptors (Lipinski definition) is 5. The van der Waals surface area contributed by atoms with Gasteiger partial charge in [0.2, 0.25) is 5.91 Å². The first kappa shape index (κ1) is 25.9. The number of halogens is 1. The fourth-order valence-corrected chi connectivity index (χ4v) is 6.41. The number of amides is 1. The molecule has 7 nitrogen and oxygen atoms in total. The van der Waals surface area contributed by atoms with Crippen molar-refractivity contribution in [3.63, 3.8) is 0 Å². The summed E-state index contributed by atoms with van der Waals surface area (Å²) in [4.78, 5) is 13.3. The lowest BCUT2D eigenvalue weighted by Crippen LogP contribution is -2.42. The van der Waals surface area contributed by atoms with Crippen LogP contribution in [0.5, 0.6) is 11.5 Å². The smallest absolute Gasteiger partial charge is 0.268 e. The van der Waals surface area contributed by atoms with Crippen LogP contribution in [-0.4, -0.2) is 35.1 Å². The van der Waals surface area contributed by atoms with Crippen LogP contribution in [0.15, 0.2) is 65.6 Å². The van der Waals surface area contributed by atoms with Crippen molar-refractivity contribution in [1.29, 1.82) is 0 Å². The van der Waals surface area contributed by atoms with Gasteiger partial charge >= 0.3 is 0 Å². The number of fused-ring (bicyclic) bond motifs is 1. The number of hydrogen-bond donors (Lipinski definition) is 1. The third kappa shape index (κ3) is 5.29. The molecule has 0 heterocycles. The Hall–Kier alpha value is -3.23. The highest BCUT2D eigenvalue weighted by atomic mass is 35.5. The van der Waals surface area contributed by atoms with Gasteiger partial charge in [-0.3, -0.25) is 9.10 Å². The predicted molar refractivity (Wildman–Crippen MR) is 141 cm³/mol. The zero-order valence-electron chi connectivity index (χ0n) is 20.5. The average molecular weight is 529 g/mol. The van der Waals surface area contributed by atoms with E-state index >= 15 is 0 Å². The van der Waals surface area contributed by atoms with Gasteiger partial charge in [-0.1, -0.05) is 41.9 Å². The van der Waals surface area contributed by atoms with Gasteiger partial charge in [-0.15, -0.1) is 0 Å². The van der Waals surface area contributed by atoms with Crippen LogP contribution in [0.4, 0.5) is 5.69 Å². The van der Waals surface area contributed by atoms with E-state index in [-0.39, 0.29) is 27.4 Å². The van der Waals surface area contributed by atoms with Gasteiger partial charge in [0.25, 0.3) is 10.0 Å². The number of sulfonamides is 1. The maximum absolute atomic E-state index is 13.9. The first-order chi connectivity index (χ1) is 17.2. The maximum Gasteiger partial charge on any atom is 0.268 e. The number of benzene rings is 3. The topological polar surface area (TPSA) is 84.9 Å². The summed E-state index contributed by atoms with van der Waals surface area (Å²) < 4.78 is 39.5. The highest BCUT2D eigenvalue weighted by Gasteiger charge is 2.32. The van der Waals surface area contributed by atoms with E-state index in [0.717, 1.165) is 34.7 Å². The minimum absolute atomic E-state index is 0.0345. The third-order valence-electron chi connectivity index (χ3n) is 6.30. The molecule has 0 fully saturated rings. The summed E-state index contributed by atoms with van der Waals surface area (Å²) >= 11 is 6.33. The van der Waals surface area contributed by atoms with Gasteiger partial charge < -0.3 is 14.8 Å². The van der Waals surface area contributed by atoms with E-state index < -0.39 is 22.5 Å². The Bertz CT molecular complexity index is 1380. The molecule has 0 aliphatic heterocycles. The standard InChI is InChI=1S/C27H29ClN2O5S/c1-18-11-13-25(35-3)26(15-18)36(32,33)30(20-12-14-24(34-2)22(28)16-20)17-27(31)29-23-10-6-8-19-7-4-5-9-21(19)23/h4-5,7,9,11-16,23H,6,8,10,17H2,1-3H3,(H,29,31)/t23-/m1/s1. The molecule has 0 spiro atoms. The first-order valence-electron chi connectivity index (χ1n) is 11.6. The molecule has 9 heteroatoms. The fraction of sp³-hybridized carbons (Fsp3) is 0.296. The quantitative estimate of drug-likeness (QED) is 0.442. The Balaban J connectivity index is 1.71. The fourth-order valence-electron chi connectivity index (χ4n) is 4.50. The normalized spacial score (nSPS) is 15.1. The van der Waals surface area contributed by atoms with E-state index in [4.69, 9.17) is 21.1 Å². The zero-order chi connectivity index (χ0) is 25.9. The van der Waals surface area contributed by atoms with Crippen LogP contribution in [0.1, 0.15) is 35.6 Å². The van der Waals surface area contributed by atoms with Gasteiger partial charge in [-0.05, 0) is 73.2 Å². The van der Waals surface area contributed by atoms with Crippen LogP contribution < -0.4 is 19.1 Å². The number of carbonyl (C=O) groups excluding carboxylic acids is 1. The average Bonchev–Trinajstić information content (AvgIpc) is 2.87.